The van der Waals surface area contributed by atoms with Crippen molar-refractivity contribution in [3.05, 3.63) is 99.5 Å². The molecule has 5 heteroatoms. The number of rotatable bonds is 8. The zero-order valence-corrected chi connectivity index (χ0v) is 17.9. The Morgan fingerprint density at radius 1 is 0.966 bits per heavy atom. The number of ether oxygens (including phenoxy) is 1. The molecule has 0 aliphatic carbocycles. The summed E-state index contributed by atoms with van der Waals surface area (Å²) in [7, 11) is 0. The highest BCUT2D eigenvalue weighted by Gasteiger charge is 2.04. The minimum absolute atomic E-state index is 0.154. The standard InChI is InChI=1S/C24H23BrN2O2/c1-2-18-7-9-19(10-8-18)15-24(28)27-26-16-21-5-3-4-6-23(21)29-17-20-11-13-22(25)14-12-20/h3-14,16H,2,15,17H2,1H3,(H,27,28)/b26-16+. The van der Waals surface area contributed by atoms with E-state index in [0.717, 1.165) is 27.6 Å². The van der Waals surface area contributed by atoms with Gasteiger partial charge < -0.3 is 4.74 Å². The summed E-state index contributed by atoms with van der Waals surface area (Å²) in [5.41, 5.74) is 6.68. The molecule has 148 valence electrons. The number of halogens is 1. The smallest absolute Gasteiger partial charge is 0.244 e. The van der Waals surface area contributed by atoms with Crippen molar-refractivity contribution in [2.75, 3.05) is 0 Å². The van der Waals surface area contributed by atoms with E-state index in [4.69, 9.17) is 4.74 Å². The molecule has 0 aliphatic heterocycles. The third-order valence-electron chi connectivity index (χ3n) is 4.42. The first-order valence-electron chi connectivity index (χ1n) is 9.50. The number of carbonyl (C=O) groups is 1. The number of hydrogen-bond donors (Lipinski definition) is 1. The molecule has 0 aromatic heterocycles. The highest BCUT2D eigenvalue weighted by molar-refractivity contribution is 9.10. The van der Waals surface area contributed by atoms with Gasteiger partial charge in [0, 0.05) is 10.0 Å². The van der Waals surface area contributed by atoms with Gasteiger partial charge in [0.1, 0.15) is 12.4 Å². The summed E-state index contributed by atoms with van der Waals surface area (Å²) in [6, 6.07) is 23.6. The van der Waals surface area contributed by atoms with Crippen molar-refractivity contribution in [1.82, 2.24) is 5.43 Å². The predicted octanol–water partition coefficient (Wildman–Crippen LogP) is 5.28. The number of carbonyl (C=O) groups excluding carboxylic acids is 1. The summed E-state index contributed by atoms with van der Waals surface area (Å²) < 4.78 is 6.95. The highest BCUT2D eigenvalue weighted by atomic mass is 79.9. The van der Waals surface area contributed by atoms with Gasteiger partial charge in [-0.05, 0) is 47.4 Å². The zero-order valence-electron chi connectivity index (χ0n) is 16.3. The predicted molar refractivity (Wildman–Crippen MR) is 120 cm³/mol. The van der Waals surface area contributed by atoms with Crippen LogP contribution in [-0.4, -0.2) is 12.1 Å². The van der Waals surface area contributed by atoms with Crippen molar-refractivity contribution in [2.24, 2.45) is 5.10 Å². The molecule has 0 bridgehead atoms. The van der Waals surface area contributed by atoms with Crippen LogP contribution in [0.3, 0.4) is 0 Å². The van der Waals surface area contributed by atoms with Crippen molar-refractivity contribution in [3.63, 3.8) is 0 Å². The van der Waals surface area contributed by atoms with E-state index in [9.17, 15) is 4.79 Å². The first kappa shape index (κ1) is 20.8. The van der Waals surface area contributed by atoms with Crippen LogP contribution >= 0.6 is 15.9 Å². The molecule has 0 saturated carbocycles. The van der Waals surface area contributed by atoms with E-state index in [1.54, 1.807) is 6.21 Å². The van der Waals surface area contributed by atoms with E-state index >= 15 is 0 Å². The molecule has 0 fully saturated rings. The van der Waals surface area contributed by atoms with Crippen LogP contribution in [0.15, 0.2) is 82.4 Å². The van der Waals surface area contributed by atoms with Gasteiger partial charge in [0.15, 0.2) is 0 Å². The Bertz CT molecular complexity index is 967. The molecule has 0 heterocycles. The Balaban J connectivity index is 1.55. The number of hydrazone groups is 1. The molecule has 3 aromatic rings. The van der Waals surface area contributed by atoms with Gasteiger partial charge in [-0.3, -0.25) is 4.79 Å². The van der Waals surface area contributed by atoms with Gasteiger partial charge >= 0.3 is 0 Å². The topological polar surface area (TPSA) is 50.7 Å². The molecule has 0 spiro atoms. The second-order valence-corrected chi connectivity index (χ2v) is 7.51. The lowest BCUT2D eigenvalue weighted by Crippen LogP contribution is -2.19. The number of nitrogens with one attached hydrogen (secondary N) is 1. The Morgan fingerprint density at radius 3 is 2.34 bits per heavy atom. The lowest BCUT2D eigenvalue weighted by atomic mass is 10.1. The summed E-state index contributed by atoms with van der Waals surface area (Å²) in [4.78, 5) is 12.1. The average molecular weight is 451 g/mol. The molecular weight excluding hydrogens is 428 g/mol. The van der Waals surface area contributed by atoms with Gasteiger partial charge in [-0.1, -0.05) is 71.4 Å². The summed E-state index contributed by atoms with van der Waals surface area (Å²) in [6.45, 7) is 2.56. The van der Waals surface area contributed by atoms with Gasteiger partial charge in [-0.15, -0.1) is 0 Å². The highest BCUT2D eigenvalue weighted by Crippen LogP contribution is 2.18. The molecule has 0 saturated heterocycles. The van der Waals surface area contributed by atoms with Gasteiger partial charge in [-0.25, -0.2) is 5.43 Å². The van der Waals surface area contributed by atoms with Crippen LogP contribution < -0.4 is 10.2 Å². The minimum Gasteiger partial charge on any atom is -0.488 e. The van der Waals surface area contributed by atoms with E-state index in [-0.39, 0.29) is 5.91 Å². The van der Waals surface area contributed by atoms with Crippen LogP contribution in [0.2, 0.25) is 0 Å². The van der Waals surface area contributed by atoms with Crippen molar-refractivity contribution in [3.8, 4) is 5.75 Å². The normalized spacial score (nSPS) is 10.8. The van der Waals surface area contributed by atoms with Crippen LogP contribution in [0, 0.1) is 0 Å². The van der Waals surface area contributed by atoms with E-state index in [1.165, 1.54) is 5.56 Å². The summed E-state index contributed by atoms with van der Waals surface area (Å²) >= 11 is 3.43. The van der Waals surface area contributed by atoms with Gasteiger partial charge in [0.2, 0.25) is 5.91 Å². The summed E-state index contributed by atoms with van der Waals surface area (Å²) in [6.07, 6.45) is 2.89. The van der Waals surface area contributed by atoms with Gasteiger partial charge in [0.25, 0.3) is 0 Å². The van der Waals surface area contributed by atoms with E-state index in [0.29, 0.717) is 18.8 Å². The maximum absolute atomic E-state index is 12.1. The molecule has 0 radical (unpaired) electrons. The number of para-hydroxylation sites is 1. The van der Waals surface area contributed by atoms with Crippen molar-refractivity contribution < 1.29 is 9.53 Å². The SMILES string of the molecule is CCc1ccc(CC(=O)N/N=C/c2ccccc2OCc2ccc(Br)cc2)cc1. The molecule has 0 aliphatic rings. The summed E-state index contributed by atoms with van der Waals surface area (Å²) in [5.74, 6) is 0.558. The molecule has 3 rings (SSSR count). The van der Waals surface area contributed by atoms with Crippen LogP contribution in [0.25, 0.3) is 0 Å². The van der Waals surface area contributed by atoms with E-state index in [1.807, 2.05) is 72.8 Å². The maximum Gasteiger partial charge on any atom is 0.244 e. The molecule has 0 unspecified atom stereocenters. The van der Waals surface area contributed by atoms with E-state index in [2.05, 4.69) is 33.4 Å². The Kier molecular flexibility index (Phi) is 7.59. The van der Waals surface area contributed by atoms with Crippen molar-refractivity contribution in [2.45, 2.75) is 26.4 Å². The molecular formula is C24H23BrN2O2. The maximum atomic E-state index is 12.1. The molecule has 29 heavy (non-hydrogen) atoms. The van der Waals surface area contributed by atoms with Crippen molar-refractivity contribution >= 4 is 28.1 Å². The van der Waals surface area contributed by atoms with E-state index < -0.39 is 0 Å². The van der Waals surface area contributed by atoms with Crippen LogP contribution in [0.5, 0.6) is 5.75 Å². The largest absolute Gasteiger partial charge is 0.488 e. The first-order chi connectivity index (χ1) is 14.1. The van der Waals surface area contributed by atoms with Crippen molar-refractivity contribution in [1.29, 1.82) is 0 Å². The number of hydrogen-bond acceptors (Lipinski definition) is 3. The number of benzene rings is 3. The van der Waals surface area contributed by atoms with Crippen LogP contribution in [0.1, 0.15) is 29.2 Å². The monoisotopic (exact) mass is 450 g/mol. The number of aryl methyl sites for hydroxylation is 1. The van der Waals surface area contributed by atoms with Gasteiger partial charge in [-0.2, -0.15) is 5.10 Å². The quantitative estimate of drug-likeness (QED) is 0.374. The lowest BCUT2D eigenvalue weighted by molar-refractivity contribution is -0.120. The Morgan fingerprint density at radius 2 is 1.62 bits per heavy atom. The number of nitrogens with zero attached hydrogens (tertiary/aromatic N) is 1. The first-order valence-corrected chi connectivity index (χ1v) is 10.3. The molecule has 4 nitrogen and oxygen atoms in total. The van der Waals surface area contributed by atoms with Gasteiger partial charge in [0.05, 0.1) is 12.6 Å². The fourth-order valence-corrected chi connectivity index (χ4v) is 3.02. The second kappa shape index (κ2) is 10.6. The second-order valence-electron chi connectivity index (χ2n) is 6.59. The summed E-state index contributed by atoms with van der Waals surface area (Å²) in [5, 5.41) is 4.09. The van der Waals surface area contributed by atoms with Crippen LogP contribution in [-0.2, 0) is 24.2 Å². The minimum atomic E-state index is -0.154. The fraction of sp³-hybridized carbons (Fsp3) is 0.167. The third kappa shape index (κ3) is 6.57. The Labute approximate surface area is 179 Å². The average Bonchev–Trinajstić information content (AvgIpc) is 2.75. The Hall–Kier alpha value is -2.92. The van der Waals surface area contributed by atoms with Crippen LogP contribution in [0.4, 0.5) is 0 Å². The molecule has 1 amide bonds. The molecule has 0 atom stereocenters. The third-order valence-corrected chi connectivity index (χ3v) is 4.94. The zero-order chi connectivity index (χ0) is 20.5. The lowest BCUT2D eigenvalue weighted by Gasteiger charge is -2.09. The fourth-order valence-electron chi connectivity index (χ4n) is 2.75. The molecule has 3 aromatic carbocycles. The number of amides is 1. The molecule has 1 N–H and O–H groups in total.